The smallest absolute Gasteiger partial charge is 0.202 e. The second-order valence-corrected chi connectivity index (χ2v) is 7.06. The van der Waals surface area contributed by atoms with Crippen LogP contribution in [-0.2, 0) is 22.8 Å². The summed E-state index contributed by atoms with van der Waals surface area (Å²) < 4.78 is 65.3. The Morgan fingerprint density at radius 3 is 2.18 bits per heavy atom. The molecule has 4 nitrogen and oxygen atoms in total. The van der Waals surface area contributed by atoms with Gasteiger partial charge in [0.15, 0.2) is 0 Å². The minimum Gasteiger partial charge on any atom is -0.202 e. The van der Waals surface area contributed by atoms with Gasteiger partial charge in [-0.25, -0.2) is 4.72 Å². The fourth-order valence-electron chi connectivity index (χ4n) is 2.38. The van der Waals surface area contributed by atoms with Gasteiger partial charge in [-0.15, -0.1) is 0 Å². The Balaban J connectivity index is 1.85. The average molecular weight is 336 g/mol. The highest BCUT2D eigenvalue weighted by Gasteiger charge is 2.30. The highest BCUT2D eigenvalue weighted by atomic mass is 32.2. The molecule has 22 heavy (non-hydrogen) atoms. The first-order valence-electron chi connectivity index (χ1n) is 7.20. The Morgan fingerprint density at radius 1 is 1.05 bits per heavy atom. The monoisotopic (exact) mass is 336 g/mol. The number of hydrogen-bond acceptors (Lipinski definition) is 2. The molecular weight excluding hydrogens is 317 g/mol. The van der Waals surface area contributed by atoms with E-state index in [0.717, 1.165) is 31.4 Å². The lowest BCUT2D eigenvalue weighted by molar-refractivity contribution is -0.137. The molecule has 8 heteroatoms. The fourth-order valence-corrected chi connectivity index (χ4v) is 3.66. The van der Waals surface area contributed by atoms with Gasteiger partial charge in [0.2, 0.25) is 0 Å². The van der Waals surface area contributed by atoms with Crippen LogP contribution in [0.3, 0.4) is 0 Å². The van der Waals surface area contributed by atoms with Gasteiger partial charge in [-0.3, -0.25) is 0 Å². The summed E-state index contributed by atoms with van der Waals surface area (Å²) >= 11 is 0. The van der Waals surface area contributed by atoms with Crippen LogP contribution in [0.15, 0.2) is 24.3 Å². The van der Waals surface area contributed by atoms with Crippen LogP contribution in [0.5, 0.6) is 0 Å². The zero-order valence-electron chi connectivity index (χ0n) is 12.1. The van der Waals surface area contributed by atoms with Gasteiger partial charge in [0.05, 0.1) is 5.56 Å². The first-order valence-corrected chi connectivity index (χ1v) is 8.64. The lowest BCUT2D eigenvalue weighted by atomic mass is 10.1. The number of benzene rings is 1. The van der Waals surface area contributed by atoms with Crippen LogP contribution in [-0.4, -0.2) is 32.4 Å². The molecule has 1 aromatic carbocycles. The van der Waals surface area contributed by atoms with Gasteiger partial charge in [-0.2, -0.15) is 25.9 Å². The SMILES string of the molecule is O=S(=O)(NCCc1ccc(C(F)(F)F)cc1)N1CCCCC1. The van der Waals surface area contributed by atoms with E-state index >= 15 is 0 Å². The number of nitrogens with zero attached hydrogens (tertiary/aromatic N) is 1. The van der Waals surface area contributed by atoms with Gasteiger partial charge in [0.1, 0.15) is 0 Å². The molecule has 1 aliphatic heterocycles. The van der Waals surface area contributed by atoms with E-state index in [-0.39, 0.29) is 6.54 Å². The molecule has 1 saturated heterocycles. The molecule has 0 aliphatic carbocycles. The Labute approximate surface area is 128 Å². The number of rotatable bonds is 5. The number of piperidine rings is 1. The zero-order chi connectivity index (χ0) is 16.2. The Morgan fingerprint density at radius 2 is 1.64 bits per heavy atom. The Kier molecular flexibility index (Phi) is 5.46. The highest BCUT2D eigenvalue weighted by Crippen LogP contribution is 2.29. The molecule has 1 aromatic rings. The van der Waals surface area contributed by atoms with E-state index in [9.17, 15) is 21.6 Å². The van der Waals surface area contributed by atoms with Crippen molar-refractivity contribution in [3.05, 3.63) is 35.4 Å². The van der Waals surface area contributed by atoms with E-state index in [1.54, 1.807) is 0 Å². The van der Waals surface area contributed by atoms with Crippen LogP contribution >= 0.6 is 0 Å². The van der Waals surface area contributed by atoms with Gasteiger partial charge in [0.25, 0.3) is 10.2 Å². The maximum atomic E-state index is 12.4. The summed E-state index contributed by atoms with van der Waals surface area (Å²) in [4.78, 5) is 0. The third-order valence-corrected chi connectivity index (χ3v) is 5.25. The molecule has 1 aliphatic rings. The normalized spacial score (nSPS) is 17.6. The van der Waals surface area contributed by atoms with Crippen molar-refractivity contribution in [2.45, 2.75) is 31.9 Å². The number of hydrogen-bond donors (Lipinski definition) is 1. The molecule has 0 bridgehead atoms. The number of alkyl halides is 3. The van der Waals surface area contributed by atoms with Gasteiger partial charge in [-0.1, -0.05) is 18.6 Å². The topological polar surface area (TPSA) is 49.4 Å². The third-order valence-electron chi connectivity index (χ3n) is 3.63. The maximum Gasteiger partial charge on any atom is 0.416 e. The Bertz CT molecular complexity index is 579. The van der Waals surface area contributed by atoms with Gasteiger partial charge in [-0.05, 0) is 37.0 Å². The lowest BCUT2D eigenvalue weighted by Gasteiger charge is -2.25. The molecule has 0 amide bonds. The largest absolute Gasteiger partial charge is 0.416 e. The molecule has 1 heterocycles. The van der Waals surface area contributed by atoms with E-state index in [0.29, 0.717) is 25.1 Å². The molecule has 124 valence electrons. The maximum absolute atomic E-state index is 12.4. The van der Waals surface area contributed by atoms with Crippen molar-refractivity contribution < 1.29 is 21.6 Å². The average Bonchev–Trinajstić information content (AvgIpc) is 2.48. The van der Waals surface area contributed by atoms with Gasteiger partial charge >= 0.3 is 6.18 Å². The minimum atomic E-state index is -4.35. The summed E-state index contributed by atoms with van der Waals surface area (Å²) in [5.41, 5.74) is -0.0421. The minimum absolute atomic E-state index is 0.171. The number of nitrogens with one attached hydrogen (secondary N) is 1. The van der Waals surface area contributed by atoms with Gasteiger partial charge < -0.3 is 0 Å². The standard InChI is InChI=1S/C14H19F3N2O2S/c15-14(16,17)13-6-4-12(5-7-13)8-9-18-22(20,21)19-10-2-1-3-11-19/h4-7,18H,1-3,8-11H2. The molecule has 2 rings (SSSR count). The van der Waals surface area contributed by atoms with Crippen molar-refractivity contribution in [2.24, 2.45) is 0 Å². The molecule has 0 aromatic heterocycles. The van der Waals surface area contributed by atoms with Gasteiger partial charge in [0, 0.05) is 19.6 Å². The van der Waals surface area contributed by atoms with Crippen LogP contribution in [0.2, 0.25) is 0 Å². The van der Waals surface area contributed by atoms with Crippen LogP contribution < -0.4 is 4.72 Å². The summed E-state index contributed by atoms with van der Waals surface area (Å²) in [6, 6.07) is 4.76. The van der Waals surface area contributed by atoms with Crippen molar-refractivity contribution in [2.75, 3.05) is 19.6 Å². The van der Waals surface area contributed by atoms with E-state index < -0.39 is 21.9 Å². The molecular formula is C14H19F3N2O2S. The van der Waals surface area contributed by atoms with Crippen molar-refractivity contribution in [3.63, 3.8) is 0 Å². The molecule has 0 saturated carbocycles. The van der Waals surface area contributed by atoms with Crippen LogP contribution in [0.4, 0.5) is 13.2 Å². The molecule has 0 spiro atoms. The fraction of sp³-hybridized carbons (Fsp3) is 0.571. The van der Waals surface area contributed by atoms with E-state index in [2.05, 4.69) is 4.72 Å². The molecule has 0 radical (unpaired) electrons. The van der Waals surface area contributed by atoms with Crippen LogP contribution in [0.25, 0.3) is 0 Å². The third kappa shape index (κ3) is 4.69. The summed E-state index contributed by atoms with van der Waals surface area (Å²) in [5.74, 6) is 0. The molecule has 0 atom stereocenters. The van der Waals surface area contributed by atoms with Crippen molar-refractivity contribution >= 4 is 10.2 Å². The first-order chi connectivity index (χ1) is 10.3. The lowest BCUT2D eigenvalue weighted by Crippen LogP contribution is -2.43. The van der Waals surface area contributed by atoms with Crippen LogP contribution in [0.1, 0.15) is 30.4 Å². The number of halogens is 3. The quantitative estimate of drug-likeness (QED) is 0.898. The van der Waals surface area contributed by atoms with E-state index in [1.165, 1.54) is 16.4 Å². The zero-order valence-corrected chi connectivity index (χ0v) is 12.9. The summed E-state index contributed by atoms with van der Waals surface area (Å²) in [6.07, 6.45) is -1.24. The molecule has 1 fully saturated rings. The predicted octanol–water partition coefficient (Wildman–Crippen LogP) is 2.57. The molecule has 1 N–H and O–H groups in total. The van der Waals surface area contributed by atoms with Crippen molar-refractivity contribution in [1.29, 1.82) is 0 Å². The van der Waals surface area contributed by atoms with E-state index in [4.69, 9.17) is 0 Å². The summed E-state index contributed by atoms with van der Waals surface area (Å²) in [6.45, 7) is 1.22. The predicted molar refractivity (Wildman–Crippen MR) is 77.5 cm³/mol. The summed E-state index contributed by atoms with van der Waals surface area (Å²) in [5, 5.41) is 0. The van der Waals surface area contributed by atoms with Crippen molar-refractivity contribution in [3.8, 4) is 0 Å². The van der Waals surface area contributed by atoms with Crippen LogP contribution in [0, 0.1) is 0 Å². The first kappa shape index (κ1) is 17.2. The Hall–Kier alpha value is -1.12. The van der Waals surface area contributed by atoms with Crippen molar-refractivity contribution in [1.82, 2.24) is 9.03 Å². The second kappa shape index (κ2) is 6.97. The summed E-state index contributed by atoms with van der Waals surface area (Å²) in [7, 11) is -3.48. The van der Waals surface area contributed by atoms with E-state index in [1.807, 2.05) is 0 Å². The molecule has 0 unspecified atom stereocenters. The highest BCUT2D eigenvalue weighted by molar-refractivity contribution is 7.87. The second-order valence-electron chi connectivity index (χ2n) is 5.30.